The molecule has 4 nitrogen and oxygen atoms in total. The predicted octanol–water partition coefficient (Wildman–Crippen LogP) is 2.30. The number of hydrogen-bond acceptors (Lipinski definition) is 4. The zero-order chi connectivity index (χ0) is 11.8. The second-order valence-electron chi connectivity index (χ2n) is 4.67. The number of anilines is 1. The second kappa shape index (κ2) is 4.09. The number of nitrogens with zero attached hydrogens (tertiary/aromatic N) is 2. The molecular weight excluding hydrogens is 226 g/mol. The third kappa shape index (κ3) is 1.94. The monoisotopic (exact) mass is 241 g/mol. The number of alkyl halides is 1. The summed E-state index contributed by atoms with van der Waals surface area (Å²) in [5, 5.41) is 3.56. The first-order valence-corrected chi connectivity index (χ1v) is 5.74. The van der Waals surface area contributed by atoms with Crippen molar-refractivity contribution in [3.8, 4) is 5.88 Å². The zero-order valence-electron chi connectivity index (χ0n) is 9.70. The Labute approximate surface area is 100 Å². The Hall–Kier alpha value is -1.03. The van der Waals surface area contributed by atoms with Crippen molar-refractivity contribution in [3.05, 3.63) is 12.4 Å². The van der Waals surface area contributed by atoms with E-state index in [1.165, 1.54) is 0 Å². The molecular formula is C11H16ClN3O. The molecule has 5 heteroatoms. The van der Waals surface area contributed by atoms with Crippen molar-refractivity contribution >= 4 is 17.4 Å². The van der Waals surface area contributed by atoms with E-state index in [9.17, 15) is 0 Å². The van der Waals surface area contributed by atoms with Crippen LogP contribution < -0.4 is 10.1 Å². The highest BCUT2D eigenvalue weighted by atomic mass is 35.5. The van der Waals surface area contributed by atoms with E-state index in [2.05, 4.69) is 29.1 Å². The summed E-state index contributed by atoms with van der Waals surface area (Å²) in [5.74, 6) is 1.26. The Bertz CT molecular complexity index is 383. The largest absolute Gasteiger partial charge is 0.480 e. The maximum Gasteiger partial charge on any atom is 0.233 e. The molecule has 0 bridgehead atoms. The molecule has 1 heterocycles. The Morgan fingerprint density at radius 2 is 2.25 bits per heavy atom. The zero-order valence-corrected chi connectivity index (χ0v) is 10.5. The quantitative estimate of drug-likeness (QED) is 0.825. The van der Waals surface area contributed by atoms with Crippen LogP contribution in [0.25, 0.3) is 0 Å². The van der Waals surface area contributed by atoms with Crippen LogP contribution in [0, 0.1) is 5.41 Å². The van der Waals surface area contributed by atoms with Crippen LogP contribution >= 0.6 is 11.6 Å². The van der Waals surface area contributed by atoms with E-state index in [0.29, 0.717) is 11.9 Å². The van der Waals surface area contributed by atoms with Gasteiger partial charge in [-0.25, -0.2) is 0 Å². The number of halogens is 1. The lowest BCUT2D eigenvalue weighted by atomic mass is 9.67. The van der Waals surface area contributed by atoms with Crippen LogP contribution in [0.1, 0.15) is 20.3 Å². The van der Waals surface area contributed by atoms with Crippen molar-refractivity contribution in [3.63, 3.8) is 0 Å². The Morgan fingerprint density at radius 3 is 2.81 bits per heavy atom. The van der Waals surface area contributed by atoms with Gasteiger partial charge in [0, 0.05) is 16.8 Å². The van der Waals surface area contributed by atoms with Gasteiger partial charge in [0.15, 0.2) is 0 Å². The Balaban J connectivity index is 2.05. The van der Waals surface area contributed by atoms with Gasteiger partial charge in [-0.1, -0.05) is 13.8 Å². The summed E-state index contributed by atoms with van der Waals surface area (Å²) in [6.07, 6.45) is 4.23. The smallest absolute Gasteiger partial charge is 0.233 e. The summed E-state index contributed by atoms with van der Waals surface area (Å²) >= 11 is 6.16. The van der Waals surface area contributed by atoms with Gasteiger partial charge in [-0.05, 0) is 6.42 Å². The van der Waals surface area contributed by atoms with Gasteiger partial charge in [0.2, 0.25) is 5.88 Å². The predicted molar refractivity (Wildman–Crippen MR) is 64.0 cm³/mol. The standard InChI is InChI=1S/C11H16ClN3O/c1-11(2)7(12)4-8(11)14-9-5-13-6-10(15-9)16-3/h5-8H,4H2,1-3H3,(H,14,15). The lowest BCUT2D eigenvalue weighted by molar-refractivity contribution is 0.168. The molecule has 1 N–H and O–H groups in total. The van der Waals surface area contributed by atoms with E-state index in [0.717, 1.165) is 12.2 Å². The molecule has 2 unspecified atom stereocenters. The number of methoxy groups -OCH3 is 1. The topological polar surface area (TPSA) is 47.0 Å². The fourth-order valence-electron chi connectivity index (χ4n) is 1.81. The van der Waals surface area contributed by atoms with Crippen LogP contribution in [0.5, 0.6) is 5.88 Å². The number of nitrogens with one attached hydrogen (secondary N) is 1. The van der Waals surface area contributed by atoms with Crippen LogP contribution in [0.2, 0.25) is 0 Å². The third-order valence-electron chi connectivity index (χ3n) is 3.29. The van der Waals surface area contributed by atoms with Crippen LogP contribution in [0.3, 0.4) is 0 Å². The van der Waals surface area contributed by atoms with Crippen molar-refractivity contribution in [1.29, 1.82) is 0 Å². The number of aromatic nitrogens is 2. The number of rotatable bonds is 3. The maximum absolute atomic E-state index is 6.16. The highest BCUT2D eigenvalue weighted by molar-refractivity contribution is 6.21. The summed E-state index contributed by atoms with van der Waals surface area (Å²) in [6, 6.07) is 0.344. The molecule has 2 rings (SSSR count). The molecule has 1 aromatic heterocycles. The first-order chi connectivity index (χ1) is 7.54. The molecule has 16 heavy (non-hydrogen) atoms. The van der Waals surface area contributed by atoms with Gasteiger partial charge in [-0.3, -0.25) is 4.98 Å². The summed E-state index contributed by atoms with van der Waals surface area (Å²) in [5.41, 5.74) is 0.0896. The second-order valence-corrected chi connectivity index (χ2v) is 5.20. The number of hydrogen-bond donors (Lipinski definition) is 1. The van der Waals surface area contributed by atoms with Crippen LogP contribution in [-0.2, 0) is 0 Å². The maximum atomic E-state index is 6.16. The average molecular weight is 242 g/mol. The highest BCUT2D eigenvalue weighted by Gasteiger charge is 2.47. The molecule has 1 aliphatic rings. The van der Waals surface area contributed by atoms with Crippen LogP contribution in [0.4, 0.5) is 5.82 Å². The van der Waals surface area contributed by atoms with E-state index in [4.69, 9.17) is 16.3 Å². The fourth-order valence-corrected chi connectivity index (χ4v) is 2.14. The molecule has 1 fully saturated rings. The fraction of sp³-hybridized carbons (Fsp3) is 0.636. The Kier molecular flexibility index (Phi) is 2.93. The SMILES string of the molecule is COc1cncc(NC2CC(Cl)C2(C)C)n1. The minimum absolute atomic E-state index is 0.0896. The summed E-state index contributed by atoms with van der Waals surface area (Å²) in [6.45, 7) is 4.30. The summed E-state index contributed by atoms with van der Waals surface area (Å²) in [7, 11) is 1.58. The molecule has 1 aliphatic carbocycles. The van der Waals surface area contributed by atoms with E-state index in [1.54, 1.807) is 19.5 Å². The lowest BCUT2D eigenvalue weighted by Gasteiger charge is -2.49. The molecule has 0 amide bonds. The molecule has 0 aliphatic heterocycles. The van der Waals surface area contributed by atoms with Crippen LogP contribution in [-0.4, -0.2) is 28.5 Å². The number of ether oxygens (including phenoxy) is 1. The van der Waals surface area contributed by atoms with E-state index < -0.39 is 0 Å². The van der Waals surface area contributed by atoms with Crippen molar-refractivity contribution < 1.29 is 4.74 Å². The molecule has 0 spiro atoms. The van der Waals surface area contributed by atoms with Crippen molar-refractivity contribution in [2.24, 2.45) is 5.41 Å². The average Bonchev–Trinajstić information content (AvgIpc) is 2.29. The van der Waals surface area contributed by atoms with Gasteiger partial charge in [0.1, 0.15) is 5.82 Å². The summed E-state index contributed by atoms with van der Waals surface area (Å²) < 4.78 is 5.02. The first-order valence-electron chi connectivity index (χ1n) is 5.30. The van der Waals surface area contributed by atoms with Gasteiger partial charge >= 0.3 is 0 Å². The van der Waals surface area contributed by atoms with E-state index >= 15 is 0 Å². The lowest BCUT2D eigenvalue weighted by Crippen LogP contribution is -2.54. The van der Waals surface area contributed by atoms with E-state index in [1.807, 2.05) is 0 Å². The summed E-state index contributed by atoms with van der Waals surface area (Å²) in [4.78, 5) is 8.32. The molecule has 0 aromatic carbocycles. The minimum Gasteiger partial charge on any atom is -0.480 e. The van der Waals surface area contributed by atoms with Crippen LogP contribution in [0.15, 0.2) is 12.4 Å². The highest BCUT2D eigenvalue weighted by Crippen LogP contribution is 2.45. The third-order valence-corrected chi connectivity index (χ3v) is 4.03. The minimum atomic E-state index is 0.0896. The molecule has 1 aromatic rings. The van der Waals surface area contributed by atoms with Gasteiger partial charge in [0.05, 0.1) is 19.5 Å². The van der Waals surface area contributed by atoms with Crippen molar-refractivity contribution in [2.45, 2.75) is 31.7 Å². The van der Waals surface area contributed by atoms with Gasteiger partial charge in [-0.2, -0.15) is 4.98 Å². The van der Waals surface area contributed by atoms with E-state index in [-0.39, 0.29) is 10.8 Å². The molecule has 2 atom stereocenters. The van der Waals surface area contributed by atoms with Gasteiger partial charge < -0.3 is 10.1 Å². The van der Waals surface area contributed by atoms with Gasteiger partial charge in [0.25, 0.3) is 0 Å². The van der Waals surface area contributed by atoms with Gasteiger partial charge in [-0.15, -0.1) is 11.6 Å². The first kappa shape index (κ1) is 11.5. The molecule has 88 valence electrons. The normalized spacial score (nSPS) is 27.0. The Morgan fingerprint density at radius 1 is 1.50 bits per heavy atom. The van der Waals surface area contributed by atoms with Crippen molar-refractivity contribution in [1.82, 2.24) is 9.97 Å². The van der Waals surface area contributed by atoms with Crippen molar-refractivity contribution in [2.75, 3.05) is 12.4 Å². The molecule has 0 radical (unpaired) electrons. The molecule has 0 saturated heterocycles. The molecule has 1 saturated carbocycles.